The first-order valence-electron chi connectivity index (χ1n) is 7.25. The van der Waals surface area contributed by atoms with Crippen molar-refractivity contribution >= 4 is 18.3 Å². The summed E-state index contributed by atoms with van der Waals surface area (Å²) in [4.78, 5) is 11.9. The fraction of sp³-hybridized carbons (Fsp3) is 0.562. The highest BCUT2D eigenvalue weighted by Crippen LogP contribution is 2.14. The Morgan fingerprint density at radius 2 is 2.00 bits per heavy atom. The lowest BCUT2D eigenvalue weighted by atomic mass is 9.93. The minimum Gasteiger partial charge on any atom is -0.493 e. The average Bonchev–Trinajstić information content (AvgIpc) is 2.45. The number of rotatable bonds is 8. The molecule has 0 radical (unpaired) electrons. The standard InChI is InChI=1S/C16H26N2O2.ClH/c1-4-16(5-2,12-17)18-15(19)9-10-20-14-8-6-7-13(3)11-14;/h6-8,11H,4-5,9-10,12,17H2,1-3H3,(H,18,19);1H. The number of ether oxygens (including phenoxy) is 1. The predicted molar refractivity (Wildman–Crippen MR) is 89.0 cm³/mol. The molecule has 1 rings (SSSR count). The molecule has 5 heteroatoms. The van der Waals surface area contributed by atoms with Crippen LogP contribution in [-0.2, 0) is 4.79 Å². The average molecular weight is 315 g/mol. The van der Waals surface area contributed by atoms with Gasteiger partial charge in [0.25, 0.3) is 0 Å². The number of amides is 1. The van der Waals surface area contributed by atoms with Crippen molar-refractivity contribution in [1.29, 1.82) is 0 Å². The number of aryl methyl sites for hydroxylation is 1. The maximum absolute atomic E-state index is 11.9. The number of carbonyl (C=O) groups excluding carboxylic acids is 1. The van der Waals surface area contributed by atoms with Gasteiger partial charge in [-0.05, 0) is 37.5 Å². The smallest absolute Gasteiger partial charge is 0.223 e. The molecule has 0 saturated heterocycles. The van der Waals surface area contributed by atoms with E-state index in [0.717, 1.165) is 24.2 Å². The third-order valence-corrected chi connectivity index (χ3v) is 3.74. The van der Waals surface area contributed by atoms with E-state index in [-0.39, 0.29) is 23.9 Å². The second-order valence-corrected chi connectivity index (χ2v) is 5.15. The normalized spacial score (nSPS) is 10.7. The number of carbonyl (C=O) groups is 1. The van der Waals surface area contributed by atoms with Crippen LogP contribution in [-0.4, -0.2) is 24.6 Å². The molecule has 0 aromatic heterocycles. The summed E-state index contributed by atoms with van der Waals surface area (Å²) in [7, 11) is 0. The van der Waals surface area contributed by atoms with E-state index in [4.69, 9.17) is 10.5 Å². The van der Waals surface area contributed by atoms with Crippen LogP contribution in [0.5, 0.6) is 5.75 Å². The Hall–Kier alpha value is -1.26. The molecule has 3 N–H and O–H groups in total. The Morgan fingerprint density at radius 1 is 1.33 bits per heavy atom. The van der Waals surface area contributed by atoms with E-state index >= 15 is 0 Å². The second kappa shape index (κ2) is 9.64. The number of benzene rings is 1. The molecule has 0 spiro atoms. The molecular formula is C16H27ClN2O2. The van der Waals surface area contributed by atoms with Crippen LogP contribution in [0.15, 0.2) is 24.3 Å². The maximum atomic E-state index is 11.9. The zero-order chi connectivity index (χ0) is 15.0. The Kier molecular flexibility index (Phi) is 9.06. The minimum atomic E-state index is -0.277. The summed E-state index contributed by atoms with van der Waals surface area (Å²) < 4.78 is 5.58. The number of hydrogen-bond donors (Lipinski definition) is 2. The van der Waals surface area contributed by atoms with Crippen molar-refractivity contribution in [2.75, 3.05) is 13.2 Å². The van der Waals surface area contributed by atoms with Crippen LogP contribution in [0.25, 0.3) is 0 Å². The predicted octanol–water partition coefficient (Wildman–Crippen LogP) is 2.82. The highest BCUT2D eigenvalue weighted by atomic mass is 35.5. The van der Waals surface area contributed by atoms with Gasteiger partial charge >= 0.3 is 0 Å². The van der Waals surface area contributed by atoms with Gasteiger partial charge in [0.05, 0.1) is 18.6 Å². The summed E-state index contributed by atoms with van der Waals surface area (Å²) >= 11 is 0. The molecular weight excluding hydrogens is 288 g/mol. The quantitative estimate of drug-likeness (QED) is 0.775. The fourth-order valence-electron chi connectivity index (χ4n) is 2.09. The molecule has 1 aromatic carbocycles. The zero-order valence-electron chi connectivity index (χ0n) is 13.1. The molecule has 0 fully saturated rings. The molecule has 0 bridgehead atoms. The van der Waals surface area contributed by atoms with E-state index in [1.165, 1.54) is 0 Å². The molecule has 1 aromatic rings. The van der Waals surface area contributed by atoms with Crippen molar-refractivity contribution in [3.05, 3.63) is 29.8 Å². The van der Waals surface area contributed by atoms with Gasteiger partial charge in [0.2, 0.25) is 5.91 Å². The summed E-state index contributed by atoms with van der Waals surface area (Å²) in [5.41, 5.74) is 6.63. The van der Waals surface area contributed by atoms with E-state index in [1.54, 1.807) is 0 Å². The molecule has 0 aliphatic carbocycles. The Morgan fingerprint density at radius 3 is 2.52 bits per heavy atom. The molecule has 1 amide bonds. The van der Waals surface area contributed by atoms with Crippen molar-refractivity contribution < 1.29 is 9.53 Å². The summed E-state index contributed by atoms with van der Waals surface area (Å²) in [5, 5.41) is 3.03. The van der Waals surface area contributed by atoms with Crippen LogP contribution in [0.3, 0.4) is 0 Å². The van der Waals surface area contributed by atoms with E-state index in [2.05, 4.69) is 5.32 Å². The minimum absolute atomic E-state index is 0. The Balaban J connectivity index is 0.00000400. The molecule has 0 aliphatic heterocycles. The largest absolute Gasteiger partial charge is 0.493 e. The first kappa shape index (κ1) is 19.7. The zero-order valence-corrected chi connectivity index (χ0v) is 14.0. The molecule has 120 valence electrons. The SMILES string of the molecule is CCC(CC)(CN)NC(=O)CCOc1cccc(C)c1.Cl. The molecule has 0 unspecified atom stereocenters. The van der Waals surface area contributed by atoms with Crippen molar-refractivity contribution in [3.8, 4) is 5.75 Å². The highest BCUT2D eigenvalue weighted by Gasteiger charge is 2.25. The van der Waals surface area contributed by atoms with Crippen LogP contribution in [0.1, 0.15) is 38.7 Å². The third-order valence-electron chi connectivity index (χ3n) is 3.74. The van der Waals surface area contributed by atoms with Gasteiger partial charge in [0.15, 0.2) is 0 Å². The molecule has 0 aliphatic rings. The fourth-order valence-corrected chi connectivity index (χ4v) is 2.09. The van der Waals surface area contributed by atoms with E-state index < -0.39 is 0 Å². The number of hydrogen-bond acceptors (Lipinski definition) is 3. The third kappa shape index (κ3) is 6.36. The summed E-state index contributed by atoms with van der Waals surface area (Å²) in [5.74, 6) is 0.792. The summed E-state index contributed by atoms with van der Waals surface area (Å²) in [6.07, 6.45) is 2.02. The molecule has 0 atom stereocenters. The molecule has 0 heterocycles. The van der Waals surface area contributed by atoms with Crippen molar-refractivity contribution in [1.82, 2.24) is 5.32 Å². The van der Waals surface area contributed by atoms with E-state index in [9.17, 15) is 4.79 Å². The van der Waals surface area contributed by atoms with Gasteiger partial charge in [0, 0.05) is 6.54 Å². The number of nitrogens with one attached hydrogen (secondary N) is 1. The number of halogens is 1. The Labute approximate surface area is 133 Å². The van der Waals surface area contributed by atoms with Crippen LogP contribution >= 0.6 is 12.4 Å². The maximum Gasteiger partial charge on any atom is 0.223 e. The monoisotopic (exact) mass is 314 g/mol. The van der Waals surface area contributed by atoms with Crippen molar-refractivity contribution in [3.63, 3.8) is 0 Å². The van der Waals surface area contributed by atoms with Gasteiger partial charge < -0.3 is 15.8 Å². The lowest BCUT2D eigenvalue weighted by Gasteiger charge is -2.31. The molecule has 4 nitrogen and oxygen atoms in total. The first-order chi connectivity index (χ1) is 9.55. The Bertz CT molecular complexity index is 426. The van der Waals surface area contributed by atoms with Crippen LogP contribution in [0.2, 0.25) is 0 Å². The van der Waals surface area contributed by atoms with E-state index in [0.29, 0.717) is 19.6 Å². The van der Waals surface area contributed by atoms with Crippen molar-refractivity contribution in [2.24, 2.45) is 5.73 Å². The van der Waals surface area contributed by atoms with Gasteiger partial charge in [-0.3, -0.25) is 4.79 Å². The van der Waals surface area contributed by atoms with Crippen LogP contribution in [0, 0.1) is 6.92 Å². The van der Waals surface area contributed by atoms with Crippen molar-refractivity contribution in [2.45, 2.75) is 45.6 Å². The van der Waals surface area contributed by atoms with Crippen LogP contribution in [0.4, 0.5) is 0 Å². The summed E-state index contributed by atoms with van der Waals surface area (Å²) in [6.45, 7) is 6.94. The lowest BCUT2D eigenvalue weighted by Crippen LogP contribution is -2.53. The van der Waals surface area contributed by atoms with Crippen LogP contribution < -0.4 is 15.8 Å². The highest BCUT2D eigenvalue weighted by molar-refractivity contribution is 5.85. The van der Waals surface area contributed by atoms with Gasteiger partial charge in [-0.1, -0.05) is 26.0 Å². The van der Waals surface area contributed by atoms with Gasteiger partial charge in [-0.25, -0.2) is 0 Å². The topological polar surface area (TPSA) is 64.3 Å². The van der Waals surface area contributed by atoms with Gasteiger partial charge in [-0.2, -0.15) is 0 Å². The first-order valence-corrected chi connectivity index (χ1v) is 7.25. The van der Waals surface area contributed by atoms with E-state index in [1.807, 2.05) is 45.0 Å². The summed E-state index contributed by atoms with van der Waals surface area (Å²) in [6, 6.07) is 7.81. The number of nitrogens with two attached hydrogens (primary N) is 1. The van der Waals surface area contributed by atoms with Gasteiger partial charge in [-0.15, -0.1) is 12.4 Å². The molecule has 0 saturated carbocycles. The molecule has 21 heavy (non-hydrogen) atoms. The van der Waals surface area contributed by atoms with Gasteiger partial charge in [0.1, 0.15) is 5.75 Å². The lowest BCUT2D eigenvalue weighted by molar-refractivity contribution is -0.123. The second-order valence-electron chi connectivity index (χ2n) is 5.15.